The number of fused-ring (bicyclic) bond motifs is 1. The van der Waals surface area contributed by atoms with E-state index in [-0.39, 0.29) is 18.7 Å². The minimum absolute atomic E-state index is 0.108. The molecule has 7 heteroatoms. The van der Waals surface area contributed by atoms with Gasteiger partial charge in [0.05, 0.1) is 0 Å². The summed E-state index contributed by atoms with van der Waals surface area (Å²) in [5, 5.41) is 0.783. The summed E-state index contributed by atoms with van der Waals surface area (Å²) in [6.45, 7) is 7.33. The first-order valence-corrected chi connectivity index (χ1v) is 12.9. The third kappa shape index (κ3) is 5.68. The number of carbonyl (C=O) groups excluding carboxylic acids is 1. The average molecular weight is 484 g/mol. The van der Waals surface area contributed by atoms with Crippen molar-refractivity contribution in [3.05, 3.63) is 58.6 Å². The normalized spacial score (nSPS) is 19.0. The quantitative estimate of drug-likeness (QED) is 0.559. The highest BCUT2D eigenvalue weighted by Gasteiger charge is 2.30. The fourth-order valence-corrected chi connectivity index (χ4v) is 5.42. The van der Waals surface area contributed by atoms with Crippen LogP contribution in [-0.2, 0) is 6.42 Å². The zero-order valence-electron chi connectivity index (χ0n) is 19.8. The van der Waals surface area contributed by atoms with Crippen molar-refractivity contribution in [2.75, 3.05) is 52.6 Å². The number of likely N-dealkylation sites (tertiary alicyclic amines) is 2. The molecule has 182 valence electrons. The molecule has 2 fully saturated rings. The fourth-order valence-electron chi connectivity index (χ4n) is 5.29. The molecule has 0 atom stereocenters. The van der Waals surface area contributed by atoms with Crippen LogP contribution in [0.5, 0.6) is 11.5 Å². The van der Waals surface area contributed by atoms with Crippen LogP contribution in [0.3, 0.4) is 0 Å². The second kappa shape index (κ2) is 11.0. The minimum Gasteiger partial charge on any atom is -0.454 e. The van der Waals surface area contributed by atoms with Crippen LogP contribution in [0.25, 0.3) is 0 Å². The highest BCUT2D eigenvalue weighted by Crippen LogP contribution is 2.33. The third-order valence-corrected chi connectivity index (χ3v) is 7.62. The van der Waals surface area contributed by atoms with Crippen LogP contribution in [0.4, 0.5) is 0 Å². The van der Waals surface area contributed by atoms with Crippen molar-refractivity contribution >= 4 is 17.5 Å². The third-order valence-electron chi connectivity index (χ3n) is 7.36. The number of carbonyl (C=O) groups is 1. The lowest BCUT2D eigenvalue weighted by molar-refractivity contribution is 0.0549. The van der Waals surface area contributed by atoms with Gasteiger partial charge in [0.15, 0.2) is 11.5 Å². The van der Waals surface area contributed by atoms with Gasteiger partial charge in [0.1, 0.15) is 0 Å². The first kappa shape index (κ1) is 23.5. The van der Waals surface area contributed by atoms with Gasteiger partial charge >= 0.3 is 0 Å². The molecule has 0 aromatic heterocycles. The van der Waals surface area contributed by atoms with Gasteiger partial charge in [-0.3, -0.25) is 4.79 Å². The molecule has 0 aliphatic carbocycles. The van der Waals surface area contributed by atoms with Crippen LogP contribution in [0.2, 0.25) is 5.02 Å². The van der Waals surface area contributed by atoms with E-state index in [1.54, 1.807) is 0 Å². The van der Waals surface area contributed by atoms with Gasteiger partial charge in [0.2, 0.25) is 6.79 Å². The van der Waals surface area contributed by atoms with Gasteiger partial charge in [-0.2, -0.15) is 0 Å². The number of benzene rings is 2. The number of halogens is 1. The summed E-state index contributed by atoms with van der Waals surface area (Å²) in [6.07, 6.45) is 5.58. The molecule has 34 heavy (non-hydrogen) atoms. The molecule has 3 aliphatic heterocycles. The Morgan fingerprint density at radius 3 is 2.38 bits per heavy atom. The first-order chi connectivity index (χ1) is 16.7. The van der Waals surface area contributed by atoms with Crippen molar-refractivity contribution in [1.29, 1.82) is 0 Å². The minimum atomic E-state index is 0.108. The molecule has 2 saturated heterocycles. The molecule has 0 spiro atoms. The average Bonchev–Trinajstić information content (AvgIpc) is 3.56. The molecular weight excluding hydrogens is 450 g/mol. The Morgan fingerprint density at radius 2 is 1.62 bits per heavy atom. The number of amides is 1. The fraction of sp³-hybridized carbons (Fsp3) is 0.519. The molecule has 0 bridgehead atoms. The van der Waals surface area contributed by atoms with Crippen LogP contribution >= 0.6 is 11.6 Å². The predicted octanol–water partition coefficient (Wildman–Crippen LogP) is 4.31. The summed E-state index contributed by atoms with van der Waals surface area (Å²) < 4.78 is 11.0. The van der Waals surface area contributed by atoms with Gasteiger partial charge in [0, 0.05) is 49.4 Å². The van der Waals surface area contributed by atoms with Crippen LogP contribution in [0, 0.1) is 0 Å². The predicted molar refractivity (Wildman–Crippen MR) is 134 cm³/mol. The first-order valence-electron chi connectivity index (χ1n) is 12.6. The van der Waals surface area contributed by atoms with Crippen LogP contribution in [-0.4, -0.2) is 79.3 Å². The molecule has 2 aromatic carbocycles. The highest BCUT2D eigenvalue weighted by molar-refractivity contribution is 6.30. The van der Waals surface area contributed by atoms with E-state index in [2.05, 4.69) is 26.8 Å². The maximum absolute atomic E-state index is 13.7. The van der Waals surface area contributed by atoms with Gasteiger partial charge in [-0.1, -0.05) is 23.7 Å². The van der Waals surface area contributed by atoms with Gasteiger partial charge in [-0.25, -0.2) is 0 Å². The SMILES string of the molecule is O=C(c1ccc2c(c1)OCO2)N(CCN1CCCC1)C1CCN(CCc2ccc(Cl)cc2)CC1. The number of ether oxygens (including phenoxy) is 2. The smallest absolute Gasteiger partial charge is 0.254 e. The van der Waals surface area contributed by atoms with E-state index >= 15 is 0 Å². The zero-order valence-corrected chi connectivity index (χ0v) is 20.5. The number of piperidine rings is 1. The van der Waals surface area contributed by atoms with Gasteiger partial charge in [-0.15, -0.1) is 0 Å². The Hall–Kier alpha value is -2.28. The van der Waals surface area contributed by atoms with Crippen LogP contribution in [0.15, 0.2) is 42.5 Å². The van der Waals surface area contributed by atoms with Crippen molar-refractivity contribution in [2.24, 2.45) is 0 Å². The molecule has 0 saturated carbocycles. The van der Waals surface area contributed by atoms with Crippen LogP contribution in [0.1, 0.15) is 41.6 Å². The van der Waals surface area contributed by atoms with Crippen molar-refractivity contribution in [3.8, 4) is 11.5 Å². The van der Waals surface area contributed by atoms with Gasteiger partial charge in [0.25, 0.3) is 5.91 Å². The maximum Gasteiger partial charge on any atom is 0.254 e. The molecule has 6 nitrogen and oxygen atoms in total. The molecule has 2 aromatic rings. The van der Waals surface area contributed by atoms with E-state index < -0.39 is 0 Å². The summed E-state index contributed by atoms with van der Waals surface area (Å²) in [6, 6.07) is 14.0. The lowest BCUT2D eigenvalue weighted by Gasteiger charge is -2.39. The molecule has 1 amide bonds. The standard InChI is InChI=1S/C27H34ClN3O3/c28-23-6-3-21(4-7-23)9-14-30-15-10-24(11-16-30)31(18-17-29-12-1-2-13-29)27(32)22-5-8-25-26(19-22)34-20-33-25/h3-8,19,24H,1-2,9-18,20H2. The second-order valence-electron chi connectivity index (χ2n) is 9.56. The largest absolute Gasteiger partial charge is 0.454 e. The summed E-state index contributed by atoms with van der Waals surface area (Å²) in [5.74, 6) is 1.49. The molecule has 0 unspecified atom stereocenters. The Labute approximate surface area is 207 Å². The monoisotopic (exact) mass is 483 g/mol. The van der Waals surface area contributed by atoms with E-state index in [1.807, 2.05) is 30.3 Å². The van der Waals surface area contributed by atoms with E-state index in [0.717, 1.165) is 70.1 Å². The van der Waals surface area contributed by atoms with E-state index in [0.29, 0.717) is 17.1 Å². The van der Waals surface area contributed by atoms with Crippen LogP contribution < -0.4 is 9.47 Å². The molecule has 0 N–H and O–H groups in total. The topological polar surface area (TPSA) is 45.3 Å². The van der Waals surface area contributed by atoms with Crippen molar-refractivity contribution in [3.63, 3.8) is 0 Å². The Morgan fingerprint density at radius 1 is 0.912 bits per heavy atom. The van der Waals surface area contributed by atoms with Crippen molar-refractivity contribution in [1.82, 2.24) is 14.7 Å². The summed E-state index contributed by atoms with van der Waals surface area (Å²) in [4.78, 5) is 20.8. The molecule has 3 aliphatic rings. The van der Waals surface area contributed by atoms with E-state index in [9.17, 15) is 4.79 Å². The summed E-state index contributed by atoms with van der Waals surface area (Å²) in [5.41, 5.74) is 2.01. The summed E-state index contributed by atoms with van der Waals surface area (Å²) >= 11 is 6.01. The number of nitrogens with zero attached hydrogens (tertiary/aromatic N) is 3. The molecule has 3 heterocycles. The number of hydrogen-bond donors (Lipinski definition) is 0. The Balaban J connectivity index is 1.21. The second-order valence-corrected chi connectivity index (χ2v) is 10.0. The number of hydrogen-bond acceptors (Lipinski definition) is 5. The van der Waals surface area contributed by atoms with Crippen molar-refractivity contribution in [2.45, 2.75) is 38.1 Å². The molecular formula is C27H34ClN3O3. The highest BCUT2D eigenvalue weighted by atomic mass is 35.5. The van der Waals surface area contributed by atoms with Gasteiger partial charge in [-0.05, 0) is 81.1 Å². The van der Waals surface area contributed by atoms with Gasteiger partial charge < -0.3 is 24.2 Å². The Bertz CT molecular complexity index is 970. The maximum atomic E-state index is 13.7. The Kier molecular flexibility index (Phi) is 7.57. The van der Waals surface area contributed by atoms with Crippen molar-refractivity contribution < 1.29 is 14.3 Å². The molecule has 0 radical (unpaired) electrons. The lowest BCUT2D eigenvalue weighted by Crippen LogP contribution is -2.49. The summed E-state index contributed by atoms with van der Waals surface area (Å²) in [7, 11) is 0. The van der Waals surface area contributed by atoms with E-state index in [4.69, 9.17) is 21.1 Å². The molecule has 5 rings (SSSR count). The lowest BCUT2D eigenvalue weighted by atomic mass is 10.0. The zero-order chi connectivity index (χ0) is 23.3. The number of rotatable bonds is 8. The van der Waals surface area contributed by atoms with E-state index in [1.165, 1.54) is 18.4 Å².